The quantitative estimate of drug-likeness (QED) is 0.756. The van der Waals surface area contributed by atoms with E-state index in [2.05, 4.69) is 34.1 Å². The molecule has 2 heterocycles. The lowest BCUT2D eigenvalue weighted by Gasteiger charge is -2.40. The average molecular weight is 366 g/mol. The molecule has 0 aliphatic carbocycles. The topological polar surface area (TPSA) is 23.6 Å². The molecule has 27 heavy (non-hydrogen) atoms. The zero-order chi connectivity index (χ0) is 18.6. The number of ketones is 1. The van der Waals surface area contributed by atoms with Crippen LogP contribution < -0.4 is 0 Å². The first kappa shape index (κ1) is 18.3. The lowest BCUT2D eigenvalue weighted by atomic mass is 9.99. The lowest BCUT2D eigenvalue weighted by Crippen LogP contribution is -2.53. The van der Waals surface area contributed by atoms with Crippen molar-refractivity contribution in [1.29, 1.82) is 0 Å². The monoisotopic (exact) mass is 366 g/mol. The number of halogens is 1. The minimum atomic E-state index is -0.297. The lowest BCUT2D eigenvalue weighted by molar-refractivity contribution is 0.0758. The number of benzene rings is 2. The molecule has 4 rings (SSSR count). The molecule has 2 aromatic carbocycles. The summed E-state index contributed by atoms with van der Waals surface area (Å²) in [6.07, 6.45) is 3.67. The molecule has 0 N–H and O–H groups in total. The first-order valence-corrected chi connectivity index (χ1v) is 10.0. The number of Topliss-reactive ketones (excluding diaryl/α,β-unsaturated/α-hetero) is 1. The Hall–Kier alpha value is -2.04. The van der Waals surface area contributed by atoms with E-state index in [0.717, 1.165) is 52.0 Å². The molecule has 0 aromatic heterocycles. The van der Waals surface area contributed by atoms with E-state index in [1.54, 1.807) is 12.1 Å². The van der Waals surface area contributed by atoms with E-state index in [1.165, 1.54) is 23.3 Å². The summed E-state index contributed by atoms with van der Waals surface area (Å²) in [4.78, 5) is 17.4. The van der Waals surface area contributed by atoms with Gasteiger partial charge >= 0.3 is 0 Å². The van der Waals surface area contributed by atoms with E-state index in [0.29, 0.717) is 18.0 Å². The summed E-state index contributed by atoms with van der Waals surface area (Å²) in [6.45, 7) is 5.39. The van der Waals surface area contributed by atoms with Crippen molar-refractivity contribution in [3.05, 3.63) is 71.0 Å². The Morgan fingerprint density at radius 3 is 2.59 bits per heavy atom. The molecule has 2 aliphatic rings. The molecule has 1 atom stereocenters. The molecule has 2 aromatic rings. The van der Waals surface area contributed by atoms with Gasteiger partial charge in [0.1, 0.15) is 5.82 Å². The largest absolute Gasteiger partial charge is 0.300 e. The van der Waals surface area contributed by atoms with Crippen LogP contribution in [-0.4, -0.2) is 54.3 Å². The zero-order valence-corrected chi connectivity index (χ0v) is 15.7. The van der Waals surface area contributed by atoms with Crippen molar-refractivity contribution in [3.8, 4) is 0 Å². The van der Waals surface area contributed by atoms with Crippen molar-refractivity contribution in [1.82, 2.24) is 9.80 Å². The Morgan fingerprint density at radius 1 is 1.00 bits per heavy atom. The molecule has 0 amide bonds. The molecule has 0 spiro atoms. The first-order valence-electron chi connectivity index (χ1n) is 10.0. The molecule has 3 nitrogen and oxygen atoms in total. The number of nitrogens with zero attached hydrogens (tertiary/aromatic N) is 2. The van der Waals surface area contributed by atoms with Crippen molar-refractivity contribution in [2.45, 2.75) is 31.7 Å². The summed E-state index contributed by atoms with van der Waals surface area (Å²) >= 11 is 0. The second-order valence-corrected chi connectivity index (χ2v) is 7.75. The number of carbonyl (C=O) groups excluding carboxylic acids is 1. The molecule has 142 valence electrons. The summed E-state index contributed by atoms with van der Waals surface area (Å²) in [5.74, 6) is -0.188. The van der Waals surface area contributed by atoms with Gasteiger partial charge in [-0.15, -0.1) is 0 Å². The van der Waals surface area contributed by atoms with E-state index in [4.69, 9.17) is 0 Å². The van der Waals surface area contributed by atoms with Crippen LogP contribution >= 0.6 is 0 Å². The van der Waals surface area contributed by atoms with Crippen LogP contribution in [0.5, 0.6) is 0 Å². The molecule has 2 aliphatic heterocycles. The Bertz CT molecular complexity index is 789. The summed E-state index contributed by atoms with van der Waals surface area (Å²) in [7, 11) is 0. The third-order valence-corrected chi connectivity index (χ3v) is 5.98. The molecule has 4 heteroatoms. The smallest absolute Gasteiger partial charge is 0.162 e. The van der Waals surface area contributed by atoms with E-state index >= 15 is 0 Å². The number of fused-ring (bicyclic) bond motifs is 2. The van der Waals surface area contributed by atoms with Gasteiger partial charge in [-0.3, -0.25) is 9.69 Å². The summed E-state index contributed by atoms with van der Waals surface area (Å²) in [5, 5.41) is 0. The van der Waals surface area contributed by atoms with Crippen molar-refractivity contribution in [2.24, 2.45) is 0 Å². The molecular formula is C23H27FN2O. The maximum Gasteiger partial charge on any atom is 0.162 e. The average Bonchev–Trinajstić information content (AvgIpc) is 2.87. The van der Waals surface area contributed by atoms with Crippen LogP contribution in [0.1, 0.15) is 34.3 Å². The summed E-state index contributed by atoms with van der Waals surface area (Å²) in [5.41, 5.74) is 3.61. The van der Waals surface area contributed by atoms with Crippen molar-refractivity contribution in [2.75, 3.05) is 32.7 Å². The highest BCUT2D eigenvalue weighted by Gasteiger charge is 2.29. The van der Waals surface area contributed by atoms with E-state index in [1.807, 2.05) is 0 Å². The number of carbonyl (C=O) groups is 1. The van der Waals surface area contributed by atoms with Gasteiger partial charge in [-0.25, -0.2) is 4.39 Å². The number of hydrogen-bond donors (Lipinski definition) is 0. The van der Waals surface area contributed by atoms with Crippen LogP contribution in [0.3, 0.4) is 0 Å². The van der Waals surface area contributed by atoms with Gasteiger partial charge < -0.3 is 4.90 Å². The zero-order valence-electron chi connectivity index (χ0n) is 15.7. The summed E-state index contributed by atoms with van der Waals surface area (Å²) < 4.78 is 13.0. The molecule has 0 saturated carbocycles. The molecule has 1 fully saturated rings. The SMILES string of the molecule is O=C(CCCN1CCN2CCc3ccccc3CC2C1)c1ccc(F)cc1. The van der Waals surface area contributed by atoms with Crippen LogP contribution in [0.4, 0.5) is 4.39 Å². The van der Waals surface area contributed by atoms with Crippen LogP contribution in [0.25, 0.3) is 0 Å². The van der Waals surface area contributed by atoms with Gasteiger partial charge in [0, 0.05) is 44.2 Å². The Balaban J connectivity index is 1.29. The van der Waals surface area contributed by atoms with Gasteiger partial charge in [0.25, 0.3) is 0 Å². The number of piperazine rings is 1. The van der Waals surface area contributed by atoms with Gasteiger partial charge in [0.05, 0.1) is 0 Å². The van der Waals surface area contributed by atoms with E-state index in [9.17, 15) is 9.18 Å². The van der Waals surface area contributed by atoms with Gasteiger partial charge in [0.2, 0.25) is 0 Å². The second kappa shape index (κ2) is 8.32. The van der Waals surface area contributed by atoms with Crippen LogP contribution in [-0.2, 0) is 12.8 Å². The first-order chi connectivity index (χ1) is 13.2. The van der Waals surface area contributed by atoms with Gasteiger partial charge in [-0.2, -0.15) is 0 Å². The highest BCUT2D eigenvalue weighted by molar-refractivity contribution is 5.95. The Labute approximate surface area is 160 Å². The minimum absolute atomic E-state index is 0.108. The minimum Gasteiger partial charge on any atom is -0.300 e. The molecule has 0 radical (unpaired) electrons. The second-order valence-electron chi connectivity index (χ2n) is 7.75. The van der Waals surface area contributed by atoms with Gasteiger partial charge in [-0.05, 0) is 61.2 Å². The fraction of sp³-hybridized carbons (Fsp3) is 0.435. The van der Waals surface area contributed by atoms with Crippen LogP contribution in [0.15, 0.2) is 48.5 Å². The third kappa shape index (κ3) is 4.45. The Morgan fingerprint density at radius 2 is 1.78 bits per heavy atom. The predicted molar refractivity (Wildman–Crippen MR) is 106 cm³/mol. The molecule has 1 saturated heterocycles. The summed E-state index contributed by atoms with van der Waals surface area (Å²) in [6, 6.07) is 15.3. The van der Waals surface area contributed by atoms with Crippen molar-refractivity contribution < 1.29 is 9.18 Å². The third-order valence-electron chi connectivity index (χ3n) is 5.98. The normalized spacial score (nSPS) is 20.6. The number of rotatable bonds is 5. The van der Waals surface area contributed by atoms with E-state index < -0.39 is 0 Å². The van der Waals surface area contributed by atoms with E-state index in [-0.39, 0.29) is 11.6 Å². The molecule has 0 bridgehead atoms. The van der Waals surface area contributed by atoms with Crippen LogP contribution in [0.2, 0.25) is 0 Å². The van der Waals surface area contributed by atoms with Crippen molar-refractivity contribution in [3.63, 3.8) is 0 Å². The molecule has 1 unspecified atom stereocenters. The maximum absolute atomic E-state index is 13.0. The fourth-order valence-corrected chi connectivity index (χ4v) is 4.41. The van der Waals surface area contributed by atoms with Gasteiger partial charge in [0.15, 0.2) is 5.78 Å². The number of hydrogen-bond acceptors (Lipinski definition) is 3. The van der Waals surface area contributed by atoms with Crippen LogP contribution in [0, 0.1) is 5.82 Å². The standard InChI is InChI=1S/C23H27FN2O/c24-21-9-7-19(8-10-21)23(27)6-3-12-25-14-15-26-13-11-18-4-1-2-5-20(18)16-22(26)17-25/h1-2,4-5,7-10,22H,3,6,11-17H2. The fourth-order valence-electron chi connectivity index (χ4n) is 4.41. The molecular weight excluding hydrogens is 339 g/mol. The van der Waals surface area contributed by atoms with Crippen molar-refractivity contribution >= 4 is 5.78 Å². The highest BCUT2D eigenvalue weighted by atomic mass is 19.1. The Kier molecular flexibility index (Phi) is 5.65. The predicted octanol–water partition coefficient (Wildman–Crippen LogP) is 3.57. The maximum atomic E-state index is 13.0. The highest BCUT2D eigenvalue weighted by Crippen LogP contribution is 2.23. The van der Waals surface area contributed by atoms with Gasteiger partial charge in [-0.1, -0.05) is 24.3 Å².